The van der Waals surface area contributed by atoms with Gasteiger partial charge < -0.3 is 19.8 Å². The molecule has 0 fully saturated rings. The fourth-order valence-corrected chi connectivity index (χ4v) is 2.19. The molecule has 0 unspecified atom stereocenters. The highest BCUT2D eigenvalue weighted by molar-refractivity contribution is 5.86. The lowest BCUT2D eigenvalue weighted by Crippen LogP contribution is -2.16. The van der Waals surface area contributed by atoms with E-state index >= 15 is 0 Å². The van der Waals surface area contributed by atoms with Gasteiger partial charge in [-0.15, -0.1) is 0 Å². The summed E-state index contributed by atoms with van der Waals surface area (Å²) in [5.74, 6) is 0.844. The maximum absolute atomic E-state index is 5.90. The highest BCUT2D eigenvalue weighted by Crippen LogP contribution is 2.26. The molecule has 1 aromatic heterocycles. The maximum Gasteiger partial charge on any atom is 0.298 e. The van der Waals surface area contributed by atoms with Crippen LogP contribution in [0, 0.1) is 0 Å². The fourth-order valence-electron chi connectivity index (χ4n) is 2.19. The number of para-hydroxylation sites is 1. The molecule has 2 N–H and O–H groups in total. The van der Waals surface area contributed by atoms with E-state index in [1.54, 1.807) is 7.11 Å². The van der Waals surface area contributed by atoms with Gasteiger partial charge in [0.15, 0.2) is 5.58 Å². The minimum Gasteiger partial charge on any atom is -0.497 e. The monoisotopic (exact) mass is 283 g/mol. The molecule has 0 saturated carbocycles. The zero-order chi connectivity index (χ0) is 14.8. The van der Waals surface area contributed by atoms with Crippen molar-refractivity contribution in [3.05, 3.63) is 48.0 Å². The number of nitrogen functional groups attached to an aromatic ring is 1. The number of fused-ring (bicyclic) bond motifs is 1. The maximum atomic E-state index is 5.90. The van der Waals surface area contributed by atoms with Crippen LogP contribution >= 0.6 is 0 Å². The minimum atomic E-state index is 0.554. The van der Waals surface area contributed by atoms with Crippen LogP contribution in [0.1, 0.15) is 5.56 Å². The Bertz CT molecular complexity index is 750. The Labute approximate surface area is 122 Å². The van der Waals surface area contributed by atoms with E-state index in [0.717, 1.165) is 11.3 Å². The van der Waals surface area contributed by atoms with E-state index in [1.807, 2.05) is 54.4 Å². The summed E-state index contributed by atoms with van der Waals surface area (Å²) in [5.41, 5.74) is 9.07. The third kappa shape index (κ3) is 2.63. The second-order valence-corrected chi connectivity index (χ2v) is 4.89. The molecular weight excluding hydrogens is 266 g/mol. The lowest BCUT2D eigenvalue weighted by Gasteiger charge is -2.14. The number of aromatic nitrogens is 1. The number of benzene rings is 2. The molecule has 0 radical (unpaired) electrons. The van der Waals surface area contributed by atoms with Crippen molar-refractivity contribution in [1.29, 1.82) is 0 Å². The van der Waals surface area contributed by atoms with Gasteiger partial charge in [-0.25, -0.2) is 0 Å². The molecule has 1 heterocycles. The predicted octanol–water partition coefficient (Wildman–Crippen LogP) is 3.06. The zero-order valence-electron chi connectivity index (χ0n) is 12.0. The van der Waals surface area contributed by atoms with Crippen molar-refractivity contribution in [2.45, 2.75) is 6.54 Å². The van der Waals surface area contributed by atoms with Gasteiger partial charge in [0, 0.05) is 13.6 Å². The summed E-state index contributed by atoms with van der Waals surface area (Å²) < 4.78 is 10.9. The number of ether oxygens (including phenoxy) is 1. The molecule has 0 atom stereocenters. The van der Waals surface area contributed by atoms with E-state index in [1.165, 1.54) is 0 Å². The summed E-state index contributed by atoms with van der Waals surface area (Å²) in [4.78, 5) is 6.40. The number of hydrogen-bond acceptors (Lipinski definition) is 5. The van der Waals surface area contributed by atoms with E-state index < -0.39 is 0 Å². The van der Waals surface area contributed by atoms with Gasteiger partial charge in [-0.1, -0.05) is 18.2 Å². The Hall–Kier alpha value is -2.69. The first-order valence-electron chi connectivity index (χ1n) is 6.66. The second-order valence-electron chi connectivity index (χ2n) is 4.89. The number of oxazole rings is 1. The van der Waals surface area contributed by atoms with Crippen LogP contribution in [0.2, 0.25) is 0 Å². The van der Waals surface area contributed by atoms with E-state index in [2.05, 4.69) is 4.98 Å². The van der Waals surface area contributed by atoms with Crippen LogP contribution in [0.25, 0.3) is 11.1 Å². The molecule has 0 bridgehead atoms. The number of anilines is 2. The van der Waals surface area contributed by atoms with Crippen LogP contribution in [0.4, 0.5) is 11.7 Å². The molecule has 0 saturated heterocycles. The largest absolute Gasteiger partial charge is 0.497 e. The van der Waals surface area contributed by atoms with Crippen molar-refractivity contribution >= 4 is 22.8 Å². The molecular formula is C16H17N3O2. The Morgan fingerprint density at radius 1 is 1.19 bits per heavy atom. The van der Waals surface area contributed by atoms with Crippen LogP contribution in [-0.4, -0.2) is 19.1 Å². The standard InChI is InChI=1S/C16H17N3O2/c1-19(10-11-6-8-12(20-2)9-7-11)16-18-15-13(17)4-3-5-14(15)21-16/h3-9H,10,17H2,1-2H3. The summed E-state index contributed by atoms with van der Waals surface area (Å²) in [6, 6.07) is 14.0. The molecule has 2 aromatic carbocycles. The number of methoxy groups -OCH3 is 1. The lowest BCUT2D eigenvalue weighted by molar-refractivity contribution is 0.414. The fraction of sp³-hybridized carbons (Fsp3) is 0.188. The third-order valence-electron chi connectivity index (χ3n) is 3.34. The van der Waals surface area contributed by atoms with Gasteiger partial charge in [-0.05, 0) is 29.8 Å². The Balaban J connectivity index is 1.82. The molecule has 108 valence electrons. The average molecular weight is 283 g/mol. The molecule has 3 aromatic rings. The highest BCUT2D eigenvalue weighted by atomic mass is 16.5. The first-order chi connectivity index (χ1) is 10.2. The molecule has 0 aliphatic rings. The van der Waals surface area contributed by atoms with Gasteiger partial charge in [0.1, 0.15) is 11.3 Å². The predicted molar refractivity (Wildman–Crippen MR) is 83.5 cm³/mol. The molecule has 5 nitrogen and oxygen atoms in total. The van der Waals surface area contributed by atoms with Gasteiger partial charge in [0.05, 0.1) is 12.8 Å². The second kappa shape index (κ2) is 5.36. The van der Waals surface area contributed by atoms with Crippen LogP contribution in [0.3, 0.4) is 0 Å². The highest BCUT2D eigenvalue weighted by Gasteiger charge is 2.12. The summed E-state index contributed by atoms with van der Waals surface area (Å²) in [7, 11) is 3.59. The van der Waals surface area contributed by atoms with Gasteiger partial charge in [0.2, 0.25) is 0 Å². The van der Waals surface area contributed by atoms with Crippen LogP contribution in [0.5, 0.6) is 5.75 Å². The molecule has 0 amide bonds. The van der Waals surface area contributed by atoms with Crippen LogP contribution in [0.15, 0.2) is 46.9 Å². The zero-order valence-corrected chi connectivity index (χ0v) is 12.0. The first-order valence-corrected chi connectivity index (χ1v) is 6.66. The molecule has 0 aliphatic carbocycles. The third-order valence-corrected chi connectivity index (χ3v) is 3.34. The Morgan fingerprint density at radius 3 is 2.62 bits per heavy atom. The number of hydrogen-bond donors (Lipinski definition) is 1. The van der Waals surface area contributed by atoms with Crippen molar-refractivity contribution in [3.63, 3.8) is 0 Å². The van der Waals surface area contributed by atoms with E-state index in [-0.39, 0.29) is 0 Å². The SMILES string of the molecule is COc1ccc(CN(C)c2nc3c(N)cccc3o2)cc1. The van der Waals surface area contributed by atoms with Crippen molar-refractivity contribution in [2.24, 2.45) is 0 Å². The smallest absolute Gasteiger partial charge is 0.298 e. The van der Waals surface area contributed by atoms with E-state index in [0.29, 0.717) is 29.3 Å². The quantitative estimate of drug-likeness (QED) is 0.745. The Kier molecular flexibility index (Phi) is 3.39. The minimum absolute atomic E-state index is 0.554. The number of nitrogens with zero attached hydrogens (tertiary/aromatic N) is 2. The molecule has 21 heavy (non-hydrogen) atoms. The molecule has 5 heteroatoms. The van der Waals surface area contributed by atoms with Gasteiger partial charge in [0.25, 0.3) is 6.01 Å². The summed E-state index contributed by atoms with van der Waals surface area (Å²) >= 11 is 0. The van der Waals surface area contributed by atoms with Gasteiger partial charge in [-0.2, -0.15) is 4.98 Å². The summed E-state index contributed by atoms with van der Waals surface area (Å²) in [6.07, 6.45) is 0. The number of nitrogens with two attached hydrogens (primary N) is 1. The van der Waals surface area contributed by atoms with Crippen molar-refractivity contribution in [3.8, 4) is 5.75 Å². The van der Waals surface area contributed by atoms with Crippen LogP contribution < -0.4 is 15.4 Å². The van der Waals surface area contributed by atoms with Gasteiger partial charge in [-0.3, -0.25) is 0 Å². The first kappa shape index (κ1) is 13.3. The lowest BCUT2D eigenvalue weighted by atomic mass is 10.2. The summed E-state index contributed by atoms with van der Waals surface area (Å²) in [6.45, 7) is 0.691. The van der Waals surface area contributed by atoms with Gasteiger partial charge >= 0.3 is 0 Å². The topological polar surface area (TPSA) is 64.5 Å². The van der Waals surface area contributed by atoms with Crippen molar-refractivity contribution in [1.82, 2.24) is 4.98 Å². The van der Waals surface area contributed by atoms with E-state index in [4.69, 9.17) is 14.9 Å². The van der Waals surface area contributed by atoms with Crippen molar-refractivity contribution < 1.29 is 9.15 Å². The summed E-state index contributed by atoms with van der Waals surface area (Å²) in [5, 5.41) is 0. The molecule has 0 spiro atoms. The molecule has 3 rings (SSSR count). The normalized spacial score (nSPS) is 10.8. The average Bonchev–Trinajstić information content (AvgIpc) is 2.94. The number of rotatable bonds is 4. The Morgan fingerprint density at radius 2 is 1.95 bits per heavy atom. The van der Waals surface area contributed by atoms with Crippen LogP contribution in [-0.2, 0) is 6.54 Å². The van der Waals surface area contributed by atoms with Crippen molar-refractivity contribution in [2.75, 3.05) is 24.8 Å². The van der Waals surface area contributed by atoms with E-state index in [9.17, 15) is 0 Å². The molecule has 0 aliphatic heterocycles.